The molecule has 0 aliphatic carbocycles. The fraction of sp³-hybridized carbons (Fsp3) is 0.273. The van der Waals surface area contributed by atoms with Crippen molar-refractivity contribution in [3.8, 4) is 0 Å². The first-order valence-corrected chi connectivity index (χ1v) is 5.51. The van der Waals surface area contributed by atoms with Gasteiger partial charge in [0.1, 0.15) is 5.82 Å². The van der Waals surface area contributed by atoms with Crippen molar-refractivity contribution in [1.29, 1.82) is 0 Å². The summed E-state index contributed by atoms with van der Waals surface area (Å²) >= 11 is 0. The molecular weight excluding hydrogens is 280 g/mol. The van der Waals surface area contributed by atoms with E-state index in [2.05, 4.69) is 20.8 Å². The van der Waals surface area contributed by atoms with Crippen LogP contribution in [0.1, 0.15) is 11.5 Å². The first kappa shape index (κ1) is 14.3. The maximum absolute atomic E-state index is 13.5. The third kappa shape index (κ3) is 3.23. The molecule has 0 unspecified atom stereocenters. The summed E-state index contributed by atoms with van der Waals surface area (Å²) < 4.78 is 56.1. The van der Waals surface area contributed by atoms with Crippen molar-refractivity contribution in [2.24, 2.45) is 0 Å². The molecule has 2 N–H and O–H groups in total. The lowest BCUT2D eigenvalue weighted by molar-refractivity contribution is -0.137. The first-order chi connectivity index (χ1) is 9.40. The molecule has 1 aromatic heterocycles. The molecule has 20 heavy (non-hydrogen) atoms. The lowest BCUT2D eigenvalue weighted by atomic mass is 10.2. The molecule has 5 nitrogen and oxygen atoms in total. The Morgan fingerprint density at radius 1 is 1.25 bits per heavy atom. The average Bonchev–Trinajstić information content (AvgIpc) is 2.78. The van der Waals surface area contributed by atoms with Crippen molar-refractivity contribution in [1.82, 2.24) is 15.5 Å². The number of hydrogen-bond acceptors (Lipinski definition) is 5. The Bertz CT molecular complexity index is 596. The predicted molar refractivity (Wildman–Crippen MR) is 61.7 cm³/mol. The Kier molecular flexibility index (Phi) is 3.89. The minimum atomic E-state index is -4.56. The van der Waals surface area contributed by atoms with E-state index in [1.807, 2.05) is 0 Å². The van der Waals surface area contributed by atoms with E-state index in [1.165, 1.54) is 0 Å². The highest BCUT2D eigenvalue weighted by molar-refractivity contribution is 5.54. The van der Waals surface area contributed by atoms with E-state index in [0.29, 0.717) is 18.7 Å². The summed E-state index contributed by atoms with van der Waals surface area (Å²) in [5.74, 6) is -0.631. The summed E-state index contributed by atoms with van der Waals surface area (Å²) in [7, 11) is 1.66. The third-order valence-electron chi connectivity index (χ3n) is 2.33. The minimum absolute atomic E-state index is 0.187. The number of anilines is 2. The maximum Gasteiger partial charge on any atom is 0.416 e. The van der Waals surface area contributed by atoms with Crippen LogP contribution in [0, 0.1) is 5.82 Å². The molecule has 1 heterocycles. The number of nitrogens with zero attached hydrogens (tertiary/aromatic N) is 2. The number of alkyl halides is 3. The molecule has 0 amide bonds. The van der Waals surface area contributed by atoms with Crippen molar-refractivity contribution < 1.29 is 22.0 Å². The Balaban J connectivity index is 2.23. The summed E-state index contributed by atoms with van der Waals surface area (Å²) in [5, 5.41) is 12.2. The van der Waals surface area contributed by atoms with Crippen LogP contribution < -0.4 is 10.6 Å². The van der Waals surface area contributed by atoms with Gasteiger partial charge in [0, 0.05) is 0 Å². The molecule has 108 valence electrons. The van der Waals surface area contributed by atoms with E-state index in [4.69, 9.17) is 4.42 Å². The van der Waals surface area contributed by atoms with Gasteiger partial charge in [-0.25, -0.2) is 4.39 Å². The minimum Gasteiger partial charge on any atom is -0.406 e. The van der Waals surface area contributed by atoms with Crippen LogP contribution in [0.4, 0.5) is 29.3 Å². The molecule has 0 radical (unpaired) electrons. The van der Waals surface area contributed by atoms with Gasteiger partial charge in [-0.1, -0.05) is 5.10 Å². The Hall–Kier alpha value is -2.16. The molecular formula is C11H10F4N4O. The molecule has 0 aliphatic rings. The first-order valence-electron chi connectivity index (χ1n) is 5.51. The number of nitrogens with one attached hydrogen (secondary N) is 2. The third-order valence-corrected chi connectivity index (χ3v) is 2.33. The van der Waals surface area contributed by atoms with Gasteiger partial charge in [0.15, 0.2) is 0 Å². The number of hydrogen-bond donors (Lipinski definition) is 2. The van der Waals surface area contributed by atoms with Gasteiger partial charge in [-0.2, -0.15) is 13.2 Å². The summed E-state index contributed by atoms with van der Waals surface area (Å²) in [5.41, 5.74) is -1.36. The summed E-state index contributed by atoms with van der Waals surface area (Å²) in [4.78, 5) is 0. The summed E-state index contributed by atoms with van der Waals surface area (Å²) in [6.45, 7) is 0.291. The predicted octanol–water partition coefficient (Wildman–Crippen LogP) is 2.69. The van der Waals surface area contributed by atoms with Gasteiger partial charge in [0.2, 0.25) is 5.89 Å². The molecule has 2 aromatic rings. The normalized spacial score (nSPS) is 11.7. The van der Waals surface area contributed by atoms with Gasteiger partial charge in [0.05, 0.1) is 17.8 Å². The fourth-order valence-corrected chi connectivity index (χ4v) is 1.44. The number of halogens is 4. The van der Waals surface area contributed by atoms with E-state index in [-0.39, 0.29) is 17.6 Å². The molecule has 1 aromatic carbocycles. The van der Waals surface area contributed by atoms with E-state index < -0.39 is 17.6 Å². The highest BCUT2D eigenvalue weighted by Crippen LogP contribution is 2.32. The maximum atomic E-state index is 13.5. The van der Waals surface area contributed by atoms with Crippen molar-refractivity contribution in [3.63, 3.8) is 0 Å². The number of benzene rings is 1. The van der Waals surface area contributed by atoms with Gasteiger partial charge in [-0.05, 0) is 25.2 Å². The molecule has 0 aliphatic heterocycles. The molecule has 0 fully saturated rings. The second kappa shape index (κ2) is 5.45. The van der Waals surface area contributed by atoms with Crippen molar-refractivity contribution in [2.45, 2.75) is 12.7 Å². The van der Waals surface area contributed by atoms with E-state index in [1.54, 1.807) is 7.05 Å². The highest BCUT2D eigenvalue weighted by Gasteiger charge is 2.31. The fourth-order valence-electron chi connectivity index (χ4n) is 1.44. The van der Waals surface area contributed by atoms with Crippen LogP contribution >= 0.6 is 0 Å². The van der Waals surface area contributed by atoms with Crippen LogP contribution in [0.5, 0.6) is 0 Å². The summed E-state index contributed by atoms with van der Waals surface area (Å²) in [6.07, 6.45) is -4.56. The van der Waals surface area contributed by atoms with Gasteiger partial charge in [-0.15, -0.1) is 5.10 Å². The second-order valence-electron chi connectivity index (χ2n) is 3.85. The lowest BCUT2D eigenvalue weighted by Crippen LogP contribution is -2.06. The molecule has 0 spiro atoms. The molecule has 0 saturated heterocycles. The van der Waals surface area contributed by atoms with E-state index >= 15 is 0 Å². The molecule has 0 saturated carbocycles. The summed E-state index contributed by atoms with van der Waals surface area (Å²) in [6, 6.07) is 1.82. The van der Waals surface area contributed by atoms with E-state index in [0.717, 1.165) is 6.07 Å². The van der Waals surface area contributed by atoms with Crippen LogP contribution in [0.25, 0.3) is 0 Å². The zero-order chi connectivity index (χ0) is 14.8. The quantitative estimate of drug-likeness (QED) is 0.848. The lowest BCUT2D eigenvalue weighted by Gasteiger charge is -2.09. The Morgan fingerprint density at radius 2 is 2.00 bits per heavy atom. The monoisotopic (exact) mass is 290 g/mol. The number of rotatable bonds is 4. The van der Waals surface area contributed by atoms with Crippen LogP contribution in [-0.4, -0.2) is 17.2 Å². The molecule has 0 atom stereocenters. The van der Waals surface area contributed by atoms with Gasteiger partial charge < -0.3 is 15.1 Å². The standard InChI is InChI=1S/C11H10F4N4O/c1-16-5-9-18-19-10(20-9)17-8-4-6(11(13,14)15)2-3-7(8)12/h2-4,16H,5H2,1H3,(H,17,19). The topological polar surface area (TPSA) is 63.0 Å². The average molecular weight is 290 g/mol. The van der Waals surface area contributed by atoms with Crippen LogP contribution in [0.2, 0.25) is 0 Å². The van der Waals surface area contributed by atoms with Crippen LogP contribution in [-0.2, 0) is 12.7 Å². The van der Waals surface area contributed by atoms with Gasteiger partial charge in [-0.3, -0.25) is 0 Å². The highest BCUT2D eigenvalue weighted by atomic mass is 19.4. The largest absolute Gasteiger partial charge is 0.416 e. The smallest absolute Gasteiger partial charge is 0.406 e. The Morgan fingerprint density at radius 3 is 2.65 bits per heavy atom. The SMILES string of the molecule is CNCc1nnc(Nc2cc(C(F)(F)F)ccc2F)o1. The molecule has 2 rings (SSSR count). The Labute approximate surface area is 111 Å². The second-order valence-corrected chi connectivity index (χ2v) is 3.85. The van der Waals surface area contributed by atoms with Crippen LogP contribution in [0.3, 0.4) is 0 Å². The molecule has 9 heteroatoms. The van der Waals surface area contributed by atoms with Crippen molar-refractivity contribution >= 4 is 11.7 Å². The van der Waals surface area contributed by atoms with Crippen molar-refractivity contribution in [2.75, 3.05) is 12.4 Å². The number of aromatic nitrogens is 2. The zero-order valence-electron chi connectivity index (χ0n) is 10.3. The van der Waals surface area contributed by atoms with Crippen molar-refractivity contribution in [3.05, 3.63) is 35.5 Å². The van der Waals surface area contributed by atoms with Gasteiger partial charge >= 0.3 is 12.2 Å². The molecule has 0 bridgehead atoms. The van der Waals surface area contributed by atoms with Gasteiger partial charge in [0.25, 0.3) is 0 Å². The zero-order valence-corrected chi connectivity index (χ0v) is 10.3. The van der Waals surface area contributed by atoms with E-state index in [9.17, 15) is 17.6 Å². The van der Waals surface area contributed by atoms with Crippen LogP contribution in [0.15, 0.2) is 22.6 Å².